The summed E-state index contributed by atoms with van der Waals surface area (Å²) in [4.78, 5) is 11.7. The van der Waals surface area contributed by atoms with Crippen molar-refractivity contribution in [1.29, 1.82) is 0 Å². The van der Waals surface area contributed by atoms with E-state index in [-0.39, 0.29) is 5.97 Å². The Morgan fingerprint density at radius 2 is 1.04 bits per heavy atom. The molecule has 0 aromatic rings. The summed E-state index contributed by atoms with van der Waals surface area (Å²) in [5.74, 6) is -0.00105. The monoisotopic (exact) mass is 370 g/mol. The van der Waals surface area contributed by atoms with Crippen molar-refractivity contribution in [3.63, 3.8) is 0 Å². The van der Waals surface area contributed by atoms with Gasteiger partial charge in [-0.1, -0.05) is 103 Å². The molecular formula is C23H46O3. The highest BCUT2D eigenvalue weighted by Crippen LogP contribution is 2.12. The van der Waals surface area contributed by atoms with E-state index in [0.29, 0.717) is 19.6 Å². The molecule has 0 saturated heterocycles. The second kappa shape index (κ2) is 22.5. The zero-order chi connectivity index (χ0) is 19.1. The number of unbranched alkanes of at least 4 members (excludes halogenated alkanes) is 16. The van der Waals surface area contributed by atoms with Crippen molar-refractivity contribution in [2.24, 2.45) is 0 Å². The van der Waals surface area contributed by atoms with E-state index in [2.05, 4.69) is 6.92 Å². The summed E-state index contributed by atoms with van der Waals surface area (Å²) in [6.07, 6.45) is 22.8. The van der Waals surface area contributed by atoms with E-state index in [1.54, 1.807) is 0 Å². The van der Waals surface area contributed by atoms with Crippen LogP contribution in [0.3, 0.4) is 0 Å². The van der Waals surface area contributed by atoms with Crippen LogP contribution in [0, 0.1) is 0 Å². The molecule has 0 aliphatic heterocycles. The lowest BCUT2D eigenvalue weighted by molar-refractivity contribution is -0.143. The predicted octanol–water partition coefficient (Wildman–Crippen LogP) is 6.95. The summed E-state index contributed by atoms with van der Waals surface area (Å²) < 4.78 is 5.32. The van der Waals surface area contributed by atoms with Crippen LogP contribution in [0.15, 0.2) is 0 Å². The standard InChI is InChI=1S/C23H46O3/c1-2-3-4-5-6-11-14-17-20-23(25)26-22-19-16-13-10-8-7-9-12-15-18-21-24/h24H,2-22H2,1H3. The third-order valence-corrected chi connectivity index (χ3v) is 5.05. The first-order valence-electron chi connectivity index (χ1n) is 11.6. The fourth-order valence-electron chi connectivity index (χ4n) is 3.29. The van der Waals surface area contributed by atoms with Crippen LogP contribution in [0.2, 0.25) is 0 Å². The van der Waals surface area contributed by atoms with Crippen LogP contribution >= 0.6 is 0 Å². The van der Waals surface area contributed by atoms with Crippen LogP contribution in [0.5, 0.6) is 0 Å². The molecule has 0 radical (unpaired) electrons. The minimum atomic E-state index is -0.00105. The van der Waals surface area contributed by atoms with E-state index in [1.165, 1.54) is 96.3 Å². The fraction of sp³-hybridized carbons (Fsp3) is 0.957. The van der Waals surface area contributed by atoms with Crippen LogP contribution < -0.4 is 0 Å². The molecule has 0 aliphatic carbocycles. The van der Waals surface area contributed by atoms with Gasteiger partial charge in [-0.2, -0.15) is 0 Å². The highest BCUT2D eigenvalue weighted by Gasteiger charge is 2.02. The van der Waals surface area contributed by atoms with E-state index in [9.17, 15) is 4.79 Å². The molecule has 3 nitrogen and oxygen atoms in total. The lowest BCUT2D eigenvalue weighted by Gasteiger charge is -2.05. The van der Waals surface area contributed by atoms with Gasteiger partial charge >= 0.3 is 5.97 Å². The number of carbonyl (C=O) groups is 1. The van der Waals surface area contributed by atoms with Gasteiger partial charge in [0, 0.05) is 13.0 Å². The smallest absolute Gasteiger partial charge is 0.305 e. The SMILES string of the molecule is CCCCCCCCCCC(=O)OCCCCCCCCCCCCO. The number of hydrogen-bond donors (Lipinski definition) is 1. The van der Waals surface area contributed by atoms with Gasteiger partial charge in [0.2, 0.25) is 0 Å². The Morgan fingerprint density at radius 3 is 1.54 bits per heavy atom. The van der Waals surface area contributed by atoms with Crippen LogP contribution in [-0.2, 0) is 9.53 Å². The van der Waals surface area contributed by atoms with E-state index in [4.69, 9.17) is 9.84 Å². The number of rotatable bonds is 21. The van der Waals surface area contributed by atoms with Gasteiger partial charge in [-0.3, -0.25) is 4.79 Å². The average Bonchev–Trinajstić information content (AvgIpc) is 2.65. The first-order chi connectivity index (χ1) is 12.8. The van der Waals surface area contributed by atoms with Crippen molar-refractivity contribution in [2.75, 3.05) is 13.2 Å². The topological polar surface area (TPSA) is 46.5 Å². The van der Waals surface area contributed by atoms with Crippen molar-refractivity contribution in [2.45, 2.75) is 129 Å². The van der Waals surface area contributed by atoms with Crippen LogP contribution in [0.25, 0.3) is 0 Å². The normalized spacial score (nSPS) is 11.0. The molecule has 0 atom stereocenters. The molecule has 26 heavy (non-hydrogen) atoms. The minimum absolute atomic E-state index is 0.00105. The van der Waals surface area contributed by atoms with Gasteiger partial charge in [0.1, 0.15) is 0 Å². The Labute approximate surface area is 163 Å². The largest absolute Gasteiger partial charge is 0.466 e. The van der Waals surface area contributed by atoms with Crippen LogP contribution in [-0.4, -0.2) is 24.3 Å². The quantitative estimate of drug-likeness (QED) is 0.175. The summed E-state index contributed by atoms with van der Waals surface area (Å²) in [5, 5.41) is 8.71. The number of carbonyl (C=O) groups excluding carboxylic acids is 1. The van der Waals surface area contributed by atoms with Gasteiger partial charge in [0.15, 0.2) is 0 Å². The summed E-state index contributed by atoms with van der Waals surface area (Å²) in [6.45, 7) is 3.19. The molecule has 0 aliphatic rings. The van der Waals surface area contributed by atoms with Gasteiger partial charge in [0.25, 0.3) is 0 Å². The van der Waals surface area contributed by atoms with E-state index >= 15 is 0 Å². The van der Waals surface area contributed by atoms with Crippen molar-refractivity contribution < 1.29 is 14.6 Å². The average molecular weight is 371 g/mol. The van der Waals surface area contributed by atoms with Gasteiger partial charge in [-0.25, -0.2) is 0 Å². The molecule has 0 bridgehead atoms. The Bertz CT molecular complexity index is 279. The first kappa shape index (κ1) is 25.4. The summed E-state index contributed by atoms with van der Waals surface area (Å²) in [6, 6.07) is 0. The minimum Gasteiger partial charge on any atom is -0.466 e. The molecule has 3 heteroatoms. The lowest BCUT2D eigenvalue weighted by atomic mass is 10.1. The van der Waals surface area contributed by atoms with Gasteiger partial charge in [-0.05, 0) is 19.3 Å². The highest BCUT2D eigenvalue weighted by atomic mass is 16.5. The zero-order valence-electron chi connectivity index (χ0n) is 17.6. The molecule has 1 N–H and O–H groups in total. The molecule has 0 heterocycles. The molecule has 0 aromatic carbocycles. The van der Waals surface area contributed by atoms with Crippen molar-refractivity contribution >= 4 is 5.97 Å². The molecule has 0 spiro atoms. The lowest BCUT2D eigenvalue weighted by Crippen LogP contribution is -2.05. The maximum absolute atomic E-state index is 11.7. The Hall–Kier alpha value is -0.570. The van der Waals surface area contributed by atoms with Gasteiger partial charge < -0.3 is 9.84 Å². The Balaban J connectivity index is 3.13. The summed E-state index contributed by atoms with van der Waals surface area (Å²) >= 11 is 0. The van der Waals surface area contributed by atoms with Crippen LogP contribution in [0.4, 0.5) is 0 Å². The maximum Gasteiger partial charge on any atom is 0.305 e. The molecule has 0 unspecified atom stereocenters. The number of aliphatic hydroxyl groups is 1. The summed E-state index contributed by atoms with van der Waals surface area (Å²) in [7, 11) is 0. The molecule has 0 fully saturated rings. The van der Waals surface area contributed by atoms with Gasteiger partial charge in [0.05, 0.1) is 6.61 Å². The second-order valence-corrected chi connectivity index (χ2v) is 7.70. The number of esters is 1. The maximum atomic E-state index is 11.7. The molecule has 156 valence electrons. The third kappa shape index (κ3) is 21.5. The van der Waals surface area contributed by atoms with E-state index in [1.807, 2.05) is 0 Å². The van der Waals surface area contributed by atoms with E-state index < -0.39 is 0 Å². The third-order valence-electron chi connectivity index (χ3n) is 5.05. The summed E-state index contributed by atoms with van der Waals surface area (Å²) in [5.41, 5.74) is 0. The predicted molar refractivity (Wildman–Crippen MR) is 111 cm³/mol. The van der Waals surface area contributed by atoms with Crippen molar-refractivity contribution in [3.8, 4) is 0 Å². The molecule has 0 rings (SSSR count). The number of aliphatic hydroxyl groups excluding tert-OH is 1. The first-order valence-corrected chi connectivity index (χ1v) is 11.6. The highest BCUT2D eigenvalue weighted by molar-refractivity contribution is 5.69. The number of hydrogen-bond acceptors (Lipinski definition) is 3. The number of ether oxygens (including phenoxy) is 1. The fourth-order valence-corrected chi connectivity index (χ4v) is 3.29. The van der Waals surface area contributed by atoms with Gasteiger partial charge in [-0.15, -0.1) is 0 Å². The second-order valence-electron chi connectivity index (χ2n) is 7.70. The van der Waals surface area contributed by atoms with Crippen molar-refractivity contribution in [1.82, 2.24) is 0 Å². The zero-order valence-corrected chi connectivity index (χ0v) is 17.6. The van der Waals surface area contributed by atoms with Crippen LogP contribution in [0.1, 0.15) is 129 Å². The van der Waals surface area contributed by atoms with E-state index in [0.717, 1.165) is 19.3 Å². The Kier molecular flexibility index (Phi) is 22.0. The van der Waals surface area contributed by atoms with Crippen molar-refractivity contribution in [3.05, 3.63) is 0 Å². The molecule has 0 aromatic heterocycles. The molecule has 0 saturated carbocycles. The Morgan fingerprint density at radius 1 is 0.615 bits per heavy atom. The molecular weight excluding hydrogens is 324 g/mol. The molecule has 0 amide bonds.